The van der Waals surface area contributed by atoms with Gasteiger partial charge in [0.1, 0.15) is 11.6 Å². The zero-order chi connectivity index (χ0) is 16.4. The molecule has 2 fully saturated rings. The second-order valence-electron chi connectivity index (χ2n) is 6.71. The molecule has 0 aromatic carbocycles. The number of rotatable bonds is 5. The second kappa shape index (κ2) is 6.74. The topological polar surface area (TPSA) is 80.8 Å². The van der Waals surface area contributed by atoms with Gasteiger partial charge in [-0.1, -0.05) is 12.8 Å². The second-order valence-corrected chi connectivity index (χ2v) is 6.71. The van der Waals surface area contributed by atoms with Crippen LogP contribution in [0.1, 0.15) is 44.9 Å². The molecule has 2 aliphatic carbocycles. The van der Waals surface area contributed by atoms with Gasteiger partial charge in [0.15, 0.2) is 0 Å². The average molecular weight is 319 g/mol. The Morgan fingerprint density at radius 3 is 1.96 bits per heavy atom. The largest absolute Gasteiger partial charge is 0.299 e. The van der Waals surface area contributed by atoms with Gasteiger partial charge in [0.2, 0.25) is 0 Å². The molecule has 2 amide bonds. The molecule has 0 bridgehead atoms. The van der Waals surface area contributed by atoms with Crippen molar-refractivity contribution < 1.29 is 24.0 Å². The summed E-state index contributed by atoms with van der Waals surface area (Å²) in [5.74, 6) is -0.276. The molecule has 0 N–H and O–H groups in total. The van der Waals surface area contributed by atoms with Crippen molar-refractivity contribution in [3.63, 3.8) is 0 Å². The third kappa shape index (κ3) is 3.58. The molecule has 124 valence electrons. The standard InChI is InChI=1S/C17H21NO5/c19-14-5-6-15(20)13(14)9-11-1-3-12(4-2-11)10-23-18-16(21)7-8-17(18)22/h7-8,11-13H,1-6,9-10H2. The molecule has 6 nitrogen and oxygen atoms in total. The number of carbonyl (C=O) groups is 4. The molecule has 0 radical (unpaired) electrons. The number of hydrogen-bond acceptors (Lipinski definition) is 5. The highest BCUT2D eigenvalue weighted by molar-refractivity contribution is 6.11. The van der Waals surface area contributed by atoms with Crippen LogP contribution in [0.2, 0.25) is 0 Å². The van der Waals surface area contributed by atoms with Gasteiger partial charge >= 0.3 is 0 Å². The molecule has 0 saturated heterocycles. The van der Waals surface area contributed by atoms with E-state index in [0.717, 1.165) is 30.7 Å². The summed E-state index contributed by atoms with van der Waals surface area (Å²) in [6, 6.07) is 0. The molecular weight excluding hydrogens is 298 g/mol. The summed E-state index contributed by atoms with van der Waals surface area (Å²) in [5.41, 5.74) is 0. The van der Waals surface area contributed by atoms with E-state index in [4.69, 9.17) is 4.84 Å². The summed E-state index contributed by atoms with van der Waals surface area (Å²) in [5, 5.41) is 0.807. The van der Waals surface area contributed by atoms with Gasteiger partial charge in [0, 0.05) is 25.0 Å². The predicted molar refractivity (Wildman–Crippen MR) is 79.7 cm³/mol. The monoisotopic (exact) mass is 319 g/mol. The van der Waals surface area contributed by atoms with E-state index in [1.165, 1.54) is 12.2 Å². The molecule has 1 aliphatic heterocycles. The maximum Gasteiger partial charge on any atom is 0.277 e. The van der Waals surface area contributed by atoms with Crippen LogP contribution < -0.4 is 0 Å². The highest BCUT2D eigenvalue weighted by atomic mass is 16.7. The van der Waals surface area contributed by atoms with Crippen LogP contribution in [0.15, 0.2) is 12.2 Å². The minimum Gasteiger partial charge on any atom is -0.299 e. The Balaban J connectivity index is 1.40. The lowest BCUT2D eigenvalue weighted by molar-refractivity contribution is -0.189. The Hall–Kier alpha value is -1.82. The van der Waals surface area contributed by atoms with Crippen LogP contribution in [0.5, 0.6) is 0 Å². The van der Waals surface area contributed by atoms with Crippen molar-refractivity contribution in [1.82, 2.24) is 5.06 Å². The lowest BCUT2D eigenvalue weighted by atomic mass is 9.77. The van der Waals surface area contributed by atoms with E-state index in [2.05, 4.69) is 0 Å². The smallest absolute Gasteiger partial charge is 0.277 e. The zero-order valence-corrected chi connectivity index (χ0v) is 13.0. The van der Waals surface area contributed by atoms with Crippen molar-refractivity contribution in [2.75, 3.05) is 6.61 Å². The number of imide groups is 1. The highest BCUT2D eigenvalue weighted by Crippen LogP contribution is 2.35. The number of ketones is 2. The quantitative estimate of drug-likeness (QED) is 0.568. The van der Waals surface area contributed by atoms with Gasteiger partial charge in [-0.2, -0.15) is 0 Å². The molecule has 3 aliphatic rings. The molecule has 0 aromatic heterocycles. The van der Waals surface area contributed by atoms with Gasteiger partial charge in [-0.3, -0.25) is 24.0 Å². The first kappa shape index (κ1) is 16.1. The van der Waals surface area contributed by atoms with Crippen molar-refractivity contribution in [3.05, 3.63) is 12.2 Å². The summed E-state index contributed by atoms with van der Waals surface area (Å²) in [7, 11) is 0. The van der Waals surface area contributed by atoms with Gasteiger partial charge in [-0.25, -0.2) is 0 Å². The normalized spacial score (nSPS) is 29.1. The van der Waals surface area contributed by atoms with E-state index in [1.807, 2.05) is 0 Å². The van der Waals surface area contributed by atoms with Crippen molar-refractivity contribution in [2.24, 2.45) is 17.8 Å². The summed E-state index contributed by atoms with van der Waals surface area (Å²) in [4.78, 5) is 51.6. The fourth-order valence-corrected chi connectivity index (χ4v) is 3.70. The number of carbonyl (C=O) groups excluding carboxylic acids is 4. The van der Waals surface area contributed by atoms with Crippen LogP contribution in [0.4, 0.5) is 0 Å². The Morgan fingerprint density at radius 2 is 1.39 bits per heavy atom. The lowest BCUT2D eigenvalue weighted by Crippen LogP contribution is -2.33. The lowest BCUT2D eigenvalue weighted by Gasteiger charge is -2.29. The Bertz CT molecular complexity index is 525. The Kier molecular flexibility index (Phi) is 4.71. The maximum absolute atomic E-state index is 11.7. The Labute approximate surface area is 134 Å². The first-order valence-corrected chi connectivity index (χ1v) is 8.29. The summed E-state index contributed by atoms with van der Waals surface area (Å²) in [6.07, 6.45) is 7.72. The van der Waals surface area contributed by atoms with Crippen molar-refractivity contribution >= 4 is 23.4 Å². The molecule has 0 unspecified atom stereocenters. The van der Waals surface area contributed by atoms with E-state index in [0.29, 0.717) is 37.7 Å². The van der Waals surface area contributed by atoms with Crippen LogP contribution >= 0.6 is 0 Å². The molecule has 2 saturated carbocycles. The van der Waals surface area contributed by atoms with E-state index in [-0.39, 0.29) is 17.5 Å². The fourth-order valence-electron chi connectivity index (χ4n) is 3.70. The van der Waals surface area contributed by atoms with Crippen molar-refractivity contribution in [3.8, 4) is 0 Å². The zero-order valence-electron chi connectivity index (χ0n) is 13.0. The van der Waals surface area contributed by atoms with Crippen LogP contribution in [0, 0.1) is 17.8 Å². The average Bonchev–Trinajstić information content (AvgIpc) is 3.03. The fraction of sp³-hybridized carbons (Fsp3) is 0.647. The van der Waals surface area contributed by atoms with Gasteiger partial charge in [-0.05, 0) is 31.1 Å². The molecule has 6 heteroatoms. The molecule has 0 aromatic rings. The molecular formula is C17H21NO5. The Morgan fingerprint density at radius 1 is 0.870 bits per heavy atom. The van der Waals surface area contributed by atoms with Crippen LogP contribution in [-0.4, -0.2) is 35.1 Å². The maximum atomic E-state index is 11.7. The summed E-state index contributed by atoms with van der Waals surface area (Å²) in [6.45, 7) is 0.354. The highest BCUT2D eigenvalue weighted by Gasteiger charge is 2.35. The van der Waals surface area contributed by atoms with Gasteiger partial charge in [0.25, 0.3) is 11.8 Å². The van der Waals surface area contributed by atoms with E-state index in [9.17, 15) is 19.2 Å². The third-order valence-electron chi connectivity index (χ3n) is 5.14. The van der Waals surface area contributed by atoms with Crippen LogP contribution in [0.3, 0.4) is 0 Å². The summed E-state index contributed by atoms with van der Waals surface area (Å²) < 4.78 is 0. The van der Waals surface area contributed by atoms with Gasteiger partial charge in [-0.15, -0.1) is 5.06 Å². The van der Waals surface area contributed by atoms with E-state index < -0.39 is 11.8 Å². The number of hydroxylamine groups is 2. The van der Waals surface area contributed by atoms with Crippen molar-refractivity contribution in [1.29, 1.82) is 0 Å². The van der Waals surface area contributed by atoms with Gasteiger partial charge in [0.05, 0.1) is 12.5 Å². The summed E-state index contributed by atoms with van der Waals surface area (Å²) >= 11 is 0. The number of Topliss-reactive ketones (excluding diaryl/α,β-unsaturated/α-hetero) is 2. The molecule has 0 spiro atoms. The molecule has 3 rings (SSSR count). The third-order valence-corrected chi connectivity index (χ3v) is 5.14. The minimum atomic E-state index is -0.429. The van der Waals surface area contributed by atoms with E-state index in [1.54, 1.807) is 0 Å². The molecule has 23 heavy (non-hydrogen) atoms. The first-order valence-electron chi connectivity index (χ1n) is 8.29. The predicted octanol–water partition coefficient (Wildman–Crippen LogP) is 1.59. The van der Waals surface area contributed by atoms with Crippen LogP contribution in [0.25, 0.3) is 0 Å². The van der Waals surface area contributed by atoms with Crippen molar-refractivity contribution in [2.45, 2.75) is 44.9 Å². The van der Waals surface area contributed by atoms with E-state index >= 15 is 0 Å². The minimum absolute atomic E-state index is 0.110. The molecule has 0 atom stereocenters. The SMILES string of the molecule is O=C1CCC(=O)C1CC1CCC(CON2C(=O)C=CC2=O)CC1. The molecule has 1 heterocycles. The van der Waals surface area contributed by atoms with Crippen LogP contribution in [-0.2, 0) is 24.0 Å². The van der Waals surface area contributed by atoms with Gasteiger partial charge < -0.3 is 0 Å². The number of amides is 2. The number of nitrogens with zero attached hydrogens (tertiary/aromatic N) is 1. The number of hydrogen-bond donors (Lipinski definition) is 0. The first-order chi connectivity index (χ1) is 11.0.